The van der Waals surface area contributed by atoms with Crippen molar-refractivity contribution in [1.29, 1.82) is 0 Å². The number of halogens is 2. The second-order valence-electron chi connectivity index (χ2n) is 3.70. The van der Waals surface area contributed by atoms with E-state index in [1.54, 1.807) is 13.8 Å². The maximum Gasteiger partial charge on any atom is 0.234 e. The zero-order valence-corrected chi connectivity index (χ0v) is 12.7. The summed E-state index contributed by atoms with van der Waals surface area (Å²) in [6.45, 7) is 3.54. The largest absolute Gasteiger partial charge is 0.285 e. The first-order chi connectivity index (χ1) is 8.40. The molecule has 0 aliphatic rings. The Bertz CT molecular complexity index is 584. The fourth-order valence-electron chi connectivity index (χ4n) is 1.59. The van der Waals surface area contributed by atoms with Crippen LogP contribution in [0.5, 0.6) is 0 Å². The summed E-state index contributed by atoms with van der Waals surface area (Å²) in [6.07, 6.45) is 0. The van der Waals surface area contributed by atoms with Gasteiger partial charge in [-0.15, -0.1) is 22.7 Å². The molecule has 0 aliphatic carbocycles. The van der Waals surface area contributed by atoms with Gasteiger partial charge in [0.15, 0.2) is 0 Å². The summed E-state index contributed by atoms with van der Waals surface area (Å²) in [5, 5.41) is 0. The zero-order valence-electron chi connectivity index (χ0n) is 9.54. The fourth-order valence-corrected chi connectivity index (χ4v) is 3.96. The molecule has 6 heteroatoms. The molecule has 0 aromatic carbocycles. The van der Waals surface area contributed by atoms with Crippen LogP contribution in [0.25, 0.3) is 0 Å². The highest BCUT2D eigenvalue weighted by Crippen LogP contribution is 2.30. The van der Waals surface area contributed by atoms with Crippen LogP contribution in [-0.2, 0) is 0 Å². The highest BCUT2D eigenvalue weighted by molar-refractivity contribution is 7.17. The molecule has 2 nitrogen and oxygen atoms in total. The molecule has 0 spiro atoms. The molecule has 0 saturated heterocycles. The molecule has 2 heterocycles. The number of aryl methyl sites for hydroxylation is 2. The van der Waals surface area contributed by atoms with Gasteiger partial charge in [0.1, 0.15) is 0 Å². The maximum absolute atomic E-state index is 12.1. The molecule has 2 aromatic heterocycles. The molecule has 0 fully saturated rings. The van der Waals surface area contributed by atoms with E-state index in [9.17, 15) is 9.59 Å². The van der Waals surface area contributed by atoms with Crippen molar-refractivity contribution in [1.82, 2.24) is 0 Å². The van der Waals surface area contributed by atoms with Gasteiger partial charge in [-0.1, -0.05) is 23.2 Å². The summed E-state index contributed by atoms with van der Waals surface area (Å²) in [5.41, 5.74) is 0.744. The van der Waals surface area contributed by atoms with Gasteiger partial charge in [0.2, 0.25) is 11.6 Å². The number of Topliss-reactive ketones (excluding diaryl/α,β-unsaturated/α-hetero) is 2. The second-order valence-corrected chi connectivity index (χ2v) is 7.47. The Morgan fingerprint density at radius 1 is 0.889 bits per heavy atom. The smallest absolute Gasteiger partial charge is 0.234 e. The van der Waals surface area contributed by atoms with Crippen molar-refractivity contribution >= 4 is 57.4 Å². The molecular weight excluding hydrogens is 311 g/mol. The molecule has 0 saturated carbocycles. The van der Waals surface area contributed by atoms with Crippen molar-refractivity contribution < 1.29 is 9.59 Å². The van der Waals surface area contributed by atoms with E-state index < -0.39 is 11.6 Å². The van der Waals surface area contributed by atoms with E-state index in [4.69, 9.17) is 23.2 Å². The van der Waals surface area contributed by atoms with Crippen molar-refractivity contribution in [3.63, 3.8) is 0 Å². The highest BCUT2D eigenvalue weighted by atomic mass is 35.5. The van der Waals surface area contributed by atoms with Gasteiger partial charge in [-0.25, -0.2) is 0 Å². The Morgan fingerprint density at radius 2 is 1.22 bits per heavy atom. The van der Waals surface area contributed by atoms with E-state index in [2.05, 4.69) is 0 Å². The van der Waals surface area contributed by atoms with Gasteiger partial charge in [-0.3, -0.25) is 9.59 Å². The lowest BCUT2D eigenvalue weighted by molar-refractivity contribution is 0.0817. The summed E-state index contributed by atoms with van der Waals surface area (Å²) in [7, 11) is 0. The van der Waals surface area contributed by atoms with Gasteiger partial charge >= 0.3 is 0 Å². The average Bonchev–Trinajstić information content (AvgIpc) is 2.79. The van der Waals surface area contributed by atoms with Crippen LogP contribution in [0.4, 0.5) is 0 Å². The normalized spacial score (nSPS) is 10.7. The molecule has 2 aromatic rings. The SMILES string of the molecule is Cc1sc(Cl)cc1C(=O)C(=O)c1cc(Cl)sc1C. The summed E-state index contributed by atoms with van der Waals surface area (Å²) >= 11 is 14.2. The predicted molar refractivity (Wildman–Crippen MR) is 76.8 cm³/mol. The monoisotopic (exact) mass is 318 g/mol. The summed E-state index contributed by atoms with van der Waals surface area (Å²) in [4.78, 5) is 25.7. The van der Waals surface area contributed by atoms with Gasteiger partial charge in [0.25, 0.3) is 0 Å². The Morgan fingerprint density at radius 3 is 1.44 bits per heavy atom. The summed E-state index contributed by atoms with van der Waals surface area (Å²) in [5.74, 6) is -1.07. The molecule has 0 radical (unpaired) electrons. The topological polar surface area (TPSA) is 34.1 Å². The van der Waals surface area contributed by atoms with Crippen LogP contribution in [0.3, 0.4) is 0 Å². The van der Waals surface area contributed by atoms with Crippen molar-refractivity contribution in [3.05, 3.63) is 41.7 Å². The van der Waals surface area contributed by atoms with Crippen LogP contribution in [0, 0.1) is 13.8 Å². The first kappa shape index (κ1) is 13.7. The van der Waals surface area contributed by atoms with Crippen LogP contribution in [0.2, 0.25) is 8.67 Å². The average molecular weight is 319 g/mol. The lowest BCUT2D eigenvalue weighted by Gasteiger charge is -1.98. The maximum atomic E-state index is 12.1. The predicted octanol–water partition coefficient (Wildman–Crippen LogP) is 4.80. The Hall–Kier alpha value is -0.680. The van der Waals surface area contributed by atoms with Crippen LogP contribution < -0.4 is 0 Å². The zero-order chi connectivity index (χ0) is 13.4. The van der Waals surface area contributed by atoms with Crippen molar-refractivity contribution in [3.8, 4) is 0 Å². The summed E-state index contributed by atoms with van der Waals surface area (Å²) in [6, 6.07) is 3.07. The summed E-state index contributed by atoms with van der Waals surface area (Å²) < 4.78 is 1.01. The lowest BCUT2D eigenvalue weighted by atomic mass is 10.0. The van der Waals surface area contributed by atoms with Crippen LogP contribution in [0.15, 0.2) is 12.1 Å². The number of carbonyl (C=O) groups is 2. The van der Waals surface area contributed by atoms with Gasteiger partial charge in [-0.05, 0) is 26.0 Å². The molecule has 2 rings (SSSR count). The van der Waals surface area contributed by atoms with Crippen molar-refractivity contribution in [2.24, 2.45) is 0 Å². The van der Waals surface area contributed by atoms with Crippen molar-refractivity contribution in [2.45, 2.75) is 13.8 Å². The van der Waals surface area contributed by atoms with Gasteiger partial charge < -0.3 is 0 Å². The number of carbonyl (C=O) groups excluding carboxylic acids is 2. The highest BCUT2D eigenvalue weighted by Gasteiger charge is 2.24. The molecule has 0 N–H and O–H groups in total. The second kappa shape index (κ2) is 5.13. The van der Waals surface area contributed by atoms with E-state index in [1.807, 2.05) is 0 Å². The standard InChI is InChI=1S/C12H8Cl2O2S2/c1-5-7(3-9(13)17-5)11(15)12(16)8-4-10(14)18-6(8)2/h3-4H,1-2H3. The number of ketones is 2. The molecule has 0 bridgehead atoms. The first-order valence-corrected chi connectivity index (χ1v) is 7.40. The first-order valence-electron chi connectivity index (χ1n) is 5.01. The number of thiophene rings is 2. The van der Waals surface area contributed by atoms with Crippen molar-refractivity contribution in [2.75, 3.05) is 0 Å². The molecule has 0 amide bonds. The number of hydrogen-bond donors (Lipinski definition) is 0. The van der Waals surface area contributed by atoms with Crippen LogP contribution in [0.1, 0.15) is 30.5 Å². The molecule has 0 atom stereocenters. The van der Waals surface area contributed by atoms with E-state index in [1.165, 1.54) is 34.8 Å². The van der Waals surface area contributed by atoms with E-state index >= 15 is 0 Å². The number of hydrogen-bond acceptors (Lipinski definition) is 4. The molecule has 0 aliphatic heterocycles. The minimum Gasteiger partial charge on any atom is -0.285 e. The number of rotatable bonds is 3. The third kappa shape index (κ3) is 2.52. The Labute approximate surface area is 122 Å². The lowest BCUT2D eigenvalue weighted by Crippen LogP contribution is -2.14. The third-order valence-corrected chi connectivity index (χ3v) is 4.83. The van der Waals surface area contributed by atoms with Crippen LogP contribution >= 0.6 is 45.9 Å². The van der Waals surface area contributed by atoms with Gasteiger partial charge in [0, 0.05) is 20.9 Å². The molecule has 94 valence electrons. The molecule has 18 heavy (non-hydrogen) atoms. The molecular formula is C12H8Cl2O2S2. The molecule has 0 unspecified atom stereocenters. The van der Waals surface area contributed by atoms with E-state index in [0.717, 1.165) is 9.75 Å². The fraction of sp³-hybridized carbons (Fsp3) is 0.167. The quantitative estimate of drug-likeness (QED) is 0.601. The van der Waals surface area contributed by atoms with Gasteiger partial charge in [-0.2, -0.15) is 0 Å². The third-order valence-electron chi connectivity index (χ3n) is 2.47. The van der Waals surface area contributed by atoms with Gasteiger partial charge in [0.05, 0.1) is 8.67 Å². The van der Waals surface area contributed by atoms with E-state index in [0.29, 0.717) is 19.8 Å². The van der Waals surface area contributed by atoms with Crippen LogP contribution in [-0.4, -0.2) is 11.6 Å². The van der Waals surface area contributed by atoms with E-state index in [-0.39, 0.29) is 0 Å². The minimum absolute atomic E-state index is 0.372. The Kier molecular flexibility index (Phi) is 3.92. The Balaban J connectivity index is 2.38. The minimum atomic E-state index is -0.534.